The molecule has 9 heteroatoms. The quantitative estimate of drug-likeness (QED) is 0.712. The van der Waals surface area contributed by atoms with Gasteiger partial charge in [-0.1, -0.05) is 11.6 Å². The Kier molecular flexibility index (Phi) is 6.77. The van der Waals surface area contributed by atoms with Crippen molar-refractivity contribution in [2.75, 3.05) is 25.5 Å². The molecule has 152 valence electrons. The number of carbonyl (C=O) groups is 1. The molecule has 1 aromatic carbocycles. The highest BCUT2D eigenvalue weighted by Gasteiger charge is 2.27. The topological polar surface area (TPSA) is 69.7 Å². The van der Waals surface area contributed by atoms with Gasteiger partial charge in [-0.2, -0.15) is 4.31 Å². The molecule has 0 radical (unpaired) electrons. The molecule has 1 aliphatic heterocycles. The Labute approximate surface area is 175 Å². The maximum absolute atomic E-state index is 12.6. The van der Waals surface area contributed by atoms with Gasteiger partial charge in [-0.3, -0.25) is 9.69 Å². The predicted octanol–water partition coefficient (Wildman–Crippen LogP) is 3.65. The molecule has 1 amide bonds. The Balaban J connectivity index is 1.60. The summed E-state index contributed by atoms with van der Waals surface area (Å²) < 4.78 is 27.4. The summed E-state index contributed by atoms with van der Waals surface area (Å²) in [5.74, 6) is -0.152. The third-order valence-corrected chi connectivity index (χ3v) is 8.03. The Morgan fingerprint density at radius 2 is 1.86 bits per heavy atom. The molecule has 1 unspecified atom stereocenters. The van der Waals surface area contributed by atoms with Gasteiger partial charge < -0.3 is 5.32 Å². The summed E-state index contributed by atoms with van der Waals surface area (Å²) >= 11 is 7.45. The van der Waals surface area contributed by atoms with E-state index in [4.69, 9.17) is 11.6 Å². The number of hydrogen-bond acceptors (Lipinski definition) is 5. The number of thiophene rings is 1. The molecule has 1 N–H and O–H groups in total. The van der Waals surface area contributed by atoms with Crippen LogP contribution in [0.5, 0.6) is 0 Å². The van der Waals surface area contributed by atoms with Gasteiger partial charge >= 0.3 is 0 Å². The summed E-state index contributed by atoms with van der Waals surface area (Å²) in [7, 11) is -1.56. The van der Waals surface area contributed by atoms with Crippen LogP contribution in [0.25, 0.3) is 0 Å². The minimum absolute atomic E-state index is 0.152. The number of benzene rings is 1. The van der Waals surface area contributed by atoms with E-state index in [2.05, 4.69) is 5.32 Å². The van der Waals surface area contributed by atoms with Crippen molar-refractivity contribution in [3.8, 4) is 0 Å². The van der Waals surface area contributed by atoms with Crippen molar-refractivity contribution < 1.29 is 13.2 Å². The Morgan fingerprint density at radius 1 is 1.21 bits per heavy atom. The highest BCUT2D eigenvalue weighted by Crippen LogP contribution is 2.24. The van der Waals surface area contributed by atoms with E-state index in [1.54, 1.807) is 24.3 Å². The lowest BCUT2D eigenvalue weighted by atomic mass is 10.2. The normalized spacial score (nSPS) is 16.4. The van der Waals surface area contributed by atoms with E-state index in [1.165, 1.54) is 15.6 Å². The molecule has 1 aliphatic rings. The fourth-order valence-corrected chi connectivity index (χ4v) is 5.72. The molecule has 0 aliphatic carbocycles. The fourth-order valence-electron chi connectivity index (χ4n) is 3.05. The van der Waals surface area contributed by atoms with Crippen molar-refractivity contribution >= 4 is 44.6 Å². The van der Waals surface area contributed by atoms with Gasteiger partial charge in [-0.15, -0.1) is 11.3 Å². The van der Waals surface area contributed by atoms with Crippen LogP contribution in [0.3, 0.4) is 0 Å². The number of anilines is 1. The Bertz CT molecular complexity index is 922. The molecule has 0 saturated carbocycles. The zero-order valence-electron chi connectivity index (χ0n) is 15.9. The van der Waals surface area contributed by atoms with Crippen LogP contribution in [-0.4, -0.2) is 49.7 Å². The summed E-state index contributed by atoms with van der Waals surface area (Å²) in [5, 5.41) is 2.85. The van der Waals surface area contributed by atoms with Crippen molar-refractivity contribution in [3.63, 3.8) is 0 Å². The van der Waals surface area contributed by atoms with Crippen molar-refractivity contribution in [2.45, 2.75) is 37.2 Å². The number of hydrogen-bond donors (Lipinski definition) is 1. The van der Waals surface area contributed by atoms with Gasteiger partial charge in [0.1, 0.15) is 0 Å². The van der Waals surface area contributed by atoms with Crippen molar-refractivity contribution in [3.05, 3.63) is 45.6 Å². The number of carbonyl (C=O) groups excluding carboxylic acids is 1. The maximum atomic E-state index is 12.6. The van der Waals surface area contributed by atoms with Crippen LogP contribution in [0, 0.1) is 0 Å². The monoisotopic (exact) mass is 441 g/mol. The van der Waals surface area contributed by atoms with Crippen LogP contribution in [0.2, 0.25) is 4.34 Å². The highest BCUT2D eigenvalue weighted by molar-refractivity contribution is 7.89. The molecule has 2 aromatic rings. The molecule has 1 atom stereocenters. The van der Waals surface area contributed by atoms with E-state index in [9.17, 15) is 13.2 Å². The smallest absolute Gasteiger partial charge is 0.243 e. The lowest BCUT2D eigenvalue weighted by molar-refractivity contribution is -0.120. The molecule has 1 saturated heterocycles. The lowest BCUT2D eigenvalue weighted by Gasteiger charge is -2.23. The Hall–Kier alpha value is -1.45. The van der Waals surface area contributed by atoms with Gasteiger partial charge in [0, 0.05) is 30.2 Å². The van der Waals surface area contributed by atoms with Gasteiger partial charge in [0.05, 0.1) is 15.3 Å². The summed E-state index contributed by atoms with van der Waals surface area (Å²) in [6.45, 7) is 3.59. The van der Waals surface area contributed by atoms with Gasteiger partial charge in [-0.25, -0.2) is 8.42 Å². The third-order valence-electron chi connectivity index (χ3n) is 4.90. The molecule has 6 nitrogen and oxygen atoms in total. The number of amides is 1. The maximum Gasteiger partial charge on any atom is 0.243 e. The standard InChI is InChI=1S/C19H24ClN3O3S2/c1-14(22(2)13-16-7-10-18(20)27-16)19(24)21-15-5-8-17(9-6-15)28(25,26)23-11-3-4-12-23/h5-10,14H,3-4,11-13H2,1-2H3,(H,21,24). The first-order valence-electron chi connectivity index (χ1n) is 9.13. The number of halogens is 1. The second kappa shape index (κ2) is 8.92. The average molecular weight is 442 g/mol. The molecule has 0 bridgehead atoms. The molecular formula is C19H24ClN3O3S2. The lowest BCUT2D eigenvalue weighted by Crippen LogP contribution is -2.39. The van der Waals surface area contributed by atoms with Crippen molar-refractivity contribution in [2.24, 2.45) is 0 Å². The summed E-state index contributed by atoms with van der Waals surface area (Å²) in [4.78, 5) is 15.8. The van der Waals surface area contributed by atoms with Crippen molar-refractivity contribution in [1.82, 2.24) is 9.21 Å². The van der Waals surface area contributed by atoms with E-state index < -0.39 is 10.0 Å². The van der Waals surface area contributed by atoms with Crippen LogP contribution >= 0.6 is 22.9 Å². The third kappa shape index (κ3) is 4.93. The van der Waals surface area contributed by atoms with Crippen LogP contribution in [0.4, 0.5) is 5.69 Å². The minimum atomic E-state index is -3.44. The largest absolute Gasteiger partial charge is 0.325 e. The zero-order chi connectivity index (χ0) is 20.3. The van der Waals surface area contributed by atoms with E-state index in [1.807, 2.05) is 31.0 Å². The van der Waals surface area contributed by atoms with Gasteiger partial charge in [0.25, 0.3) is 0 Å². The van der Waals surface area contributed by atoms with Crippen LogP contribution in [0.15, 0.2) is 41.3 Å². The molecule has 1 fully saturated rings. The number of rotatable bonds is 7. The predicted molar refractivity (Wildman–Crippen MR) is 113 cm³/mol. The van der Waals surface area contributed by atoms with Crippen LogP contribution < -0.4 is 5.32 Å². The second-order valence-corrected chi connectivity index (χ2v) is 10.7. The summed E-state index contributed by atoms with van der Waals surface area (Å²) in [6.07, 6.45) is 1.80. The summed E-state index contributed by atoms with van der Waals surface area (Å²) in [5.41, 5.74) is 0.574. The zero-order valence-corrected chi connectivity index (χ0v) is 18.3. The highest BCUT2D eigenvalue weighted by atomic mass is 35.5. The van der Waals surface area contributed by atoms with Gasteiger partial charge in [-0.05, 0) is 63.2 Å². The van der Waals surface area contributed by atoms with Gasteiger partial charge in [0.2, 0.25) is 15.9 Å². The van der Waals surface area contributed by atoms with E-state index in [0.717, 1.165) is 22.1 Å². The number of nitrogens with one attached hydrogen (secondary N) is 1. The van der Waals surface area contributed by atoms with E-state index in [0.29, 0.717) is 25.3 Å². The average Bonchev–Trinajstić information content (AvgIpc) is 3.34. The summed E-state index contributed by atoms with van der Waals surface area (Å²) in [6, 6.07) is 9.80. The molecule has 3 rings (SSSR count). The molecule has 1 aromatic heterocycles. The number of sulfonamides is 1. The fraction of sp³-hybridized carbons (Fsp3) is 0.421. The van der Waals surface area contributed by atoms with Gasteiger partial charge in [0.15, 0.2) is 0 Å². The second-order valence-electron chi connectivity index (χ2n) is 6.92. The first-order valence-corrected chi connectivity index (χ1v) is 11.8. The van der Waals surface area contributed by atoms with Crippen LogP contribution in [-0.2, 0) is 21.4 Å². The van der Waals surface area contributed by atoms with Crippen LogP contribution in [0.1, 0.15) is 24.6 Å². The number of likely N-dealkylation sites (N-methyl/N-ethyl adjacent to an activating group) is 1. The first-order chi connectivity index (χ1) is 13.3. The number of nitrogens with zero attached hydrogens (tertiary/aromatic N) is 2. The van der Waals surface area contributed by atoms with Crippen molar-refractivity contribution in [1.29, 1.82) is 0 Å². The first kappa shape index (κ1) is 21.3. The molecule has 0 spiro atoms. The molecular weight excluding hydrogens is 418 g/mol. The Morgan fingerprint density at radius 3 is 2.43 bits per heavy atom. The minimum Gasteiger partial charge on any atom is -0.325 e. The van der Waals surface area contributed by atoms with E-state index >= 15 is 0 Å². The molecule has 28 heavy (non-hydrogen) atoms. The SMILES string of the molecule is CC(C(=O)Nc1ccc(S(=O)(=O)N2CCCC2)cc1)N(C)Cc1ccc(Cl)s1. The molecule has 2 heterocycles. The van der Waals surface area contributed by atoms with E-state index in [-0.39, 0.29) is 16.8 Å².